The van der Waals surface area contributed by atoms with E-state index in [4.69, 9.17) is 5.73 Å². The summed E-state index contributed by atoms with van der Waals surface area (Å²) in [7, 11) is 0. The van der Waals surface area contributed by atoms with Gasteiger partial charge in [-0.2, -0.15) is 0 Å². The van der Waals surface area contributed by atoms with Gasteiger partial charge in [0.2, 0.25) is 6.43 Å². The van der Waals surface area contributed by atoms with Crippen LogP contribution in [0, 0.1) is 11.3 Å². The van der Waals surface area contributed by atoms with Crippen molar-refractivity contribution < 1.29 is 8.78 Å². The van der Waals surface area contributed by atoms with Crippen LogP contribution in [0.15, 0.2) is 0 Å². The third-order valence-electron chi connectivity index (χ3n) is 3.47. The highest BCUT2D eigenvalue weighted by atomic mass is 19.3. The van der Waals surface area contributed by atoms with E-state index in [9.17, 15) is 8.78 Å². The predicted octanol–water partition coefficient (Wildman–Crippen LogP) is 3.19. The summed E-state index contributed by atoms with van der Waals surface area (Å²) >= 11 is 0. The molecule has 1 fully saturated rings. The van der Waals surface area contributed by atoms with Crippen LogP contribution < -0.4 is 5.73 Å². The highest BCUT2D eigenvalue weighted by molar-refractivity contribution is 4.82. The lowest BCUT2D eigenvalue weighted by Gasteiger charge is -2.33. The molecule has 0 aromatic rings. The molecule has 0 saturated heterocycles. The van der Waals surface area contributed by atoms with Gasteiger partial charge in [-0.3, -0.25) is 0 Å². The summed E-state index contributed by atoms with van der Waals surface area (Å²) in [6.45, 7) is 1.72. The van der Waals surface area contributed by atoms with E-state index in [1.807, 2.05) is 0 Å². The van der Waals surface area contributed by atoms with Crippen molar-refractivity contribution in [2.24, 2.45) is 17.1 Å². The van der Waals surface area contributed by atoms with Crippen molar-refractivity contribution in [3.05, 3.63) is 0 Å². The molecule has 3 heteroatoms. The van der Waals surface area contributed by atoms with Gasteiger partial charge in [-0.1, -0.05) is 39.0 Å². The van der Waals surface area contributed by atoms with Gasteiger partial charge < -0.3 is 5.73 Å². The zero-order valence-corrected chi connectivity index (χ0v) is 8.94. The first-order valence-electron chi connectivity index (χ1n) is 5.57. The number of rotatable bonds is 4. The second-order valence-corrected chi connectivity index (χ2v) is 4.87. The molecule has 84 valence electrons. The zero-order chi connectivity index (χ0) is 10.6. The molecule has 1 atom stereocenters. The van der Waals surface area contributed by atoms with Gasteiger partial charge in [-0.05, 0) is 12.3 Å². The van der Waals surface area contributed by atoms with Gasteiger partial charge >= 0.3 is 0 Å². The van der Waals surface area contributed by atoms with E-state index >= 15 is 0 Å². The Morgan fingerprint density at radius 3 is 2.29 bits per heavy atom. The molecule has 2 N–H and O–H groups in total. The van der Waals surface area contributed by atoms with E-state index in [0.717, 1.165) is 12.8 Å². The molecule has 0 bridgehead atoms. The number of alkyl halides is 2. The minimum absolute atomic E-state index is 0.0984. The van der Waals surface area contributed by atoms with E-state index < -0.39 is 11.8 Å². The quantitative estimate of drug-likeness (QED) is 0.749. The number of nitrogens with two attached hydrogens (primary N) is 1. The second kappa shape index (κ2) is 5.06. The molecule has 1 nitrogen and oxygen atoms in total. The lowest BCUT2D eigenvalue weighted by atomic mass is 9.75. The largest absolute Gasteiger partial charge is 0.330 e. The SMILES string of the molecule is CC(CN)(CC1CCCCC1)C(F)F. The van der Waals surface area contributed by atoms with Crippen LogP contribution >= 0.6 is 0 Å². The molecule has 0 amide bonds. The summed E-state index contributed by atoms with van der Waals surface area (Å²) in [5.74, 6) is 0.478. The summed E-state index contributed by atoms with van der Waals surface area (Å²) < 4.78 is 25.5. The van der Waals surface area contributed by atoms with Crippen molar-refractivity contribution in [3.63, 3.8) is 0 Å². The van der Waals surface area contributed by atoms with Crippen LogP contribution in [0.5, 0.6) is 0 Å². The van der Waals surface area contributed by atoms with Crippen molar-refractivity contribution in [1.82, 2.24) is 0 Å². The predicted molar refractivity (Wildman–Crippen MR) is 54.4 cm³/mol. The standard InChI is InChI=1S/C11H21F2N/c1-11(8-14,10(12)13)7-9-5-3-2-4-6-9/h9-10H,2-8,14H2,1H3. The summed E-state index contributed by atoms with van der Waals surface area (Å²) in [5.41, 5.74) is 4.49. The minimum atomic E-state index is -2.28. The van der Waals surface area contributed by atoms with Crippen molar-refractivity contribution in [1.29, 1.82) is 0 Å². The number of halogens is 2. The Balaban J connectivity index is 2.46. The highest BCUT2D eigenvalue weighted by Crippen LogP contribution is 2.37. The smallest absolute Gasteiger partial charge is 0.245 e. The van der Waals surface area contributed by atoms with Crippen LogP contribution in [0.25, 0.3) is 0 Å². The highest BCUT2D eigenvalue weighted by Gasteiger charge is 2.36. The van der Waals surface area contributed by atoms with Crippen molar-refractivity contribution in [3.8, 4) is 0 Å². The lowest BCUT2D eigenvalue weighted by molar-refractivity contribution is -0.00690. The van der Waals surface area contributed by atoms with Crippen LogP contribution in [0.3, 0.4) is 0 Å². The van der Waals surface area contributed by atoms with Gasteiger partial charge in [0.15, 0.2) is 0 Å². The number of hydrogen-bond acceptors (Lipinski definition) is 1. The molecule has 1 rings (SSSR count). The van der Waals surface area contributed by atoms with E-state index in [1.54, 1.807) is 6.92 Å². The Hall–Kier alpha value is -0.180. The van der Waals surface area contributed by atoms with E-state index in [1.165, 1.54) is 19.3 Å². The first-order chi connectivity index (χ1) is 6.58. The average molecular weight is 205 g/mol. The molecule has 1 aliphatic rings. The van der Waals surface area contributed by atoms with Crippen LogP contribution in [-0.2, 0) is 0 Å². The first-order valence-corrected chi connectivity index (χ1v) is 5.57. The Kier molecular flexibility index (Phi) is 4.30. The Labute approximate surface area is 85.1 Å². The first kappa shape index (κ1) is 11.9. The summed E-state index contributed by atoms with van der Waals surface area (Å²) in [6.07, 6.45) is 4.22. The van der Waals surface area contributed by atoms with Gasteiger partial charge in [0.25, 0.3) is 0 Å². The van der Waals surface area contributed by atoms with Crippen LogP contribution in [0.2, 0.25) is 0 Å². The van der Waals surface area contributed by atoms with E-state index in [2.05, 4.69) is 0 Å². The summed E-state index contributed by atoms with van der Waals surface area (Å²) in [4.78, 5) is 0. The van der Waals surface area contributed by atoms with Gasteiger partial charge in [0, 0.05) is 12.0 Å². The Morgan fingerprint density at radius 1 is 1.29 bits per heavy atom. The van der Waals surface area contributed by atoms with E-state index in [0.29, 0.717) is 12.3 Å². The molecule has 0 aromatic heterocycles. The van der Waals surface area contributed by atoms with E-state index in [-0.39, 0.29) is 6.54 Å². The van der Waals surface area contributed by atoms with Crippen molar-refractivity contribution >= 4 is 0 Å². The maximum atomic E-state index is 12.8. The monoisotopic (exact) mass is 205 g/mol. The van der Waals surface area contributed by atoms with Crippen molar-refractivity contribution in [2.75, 3.05) is 6.54 Å². The molecule has 1 unspecified atom stereocenters. The maximum Gasteiger partial charge on any atom is 0.245 e. The molecule has 0 aliphatic heterocycles. The Bertz CT molecular complexity index is 167. The molecular weight excluding hydrogens is 184 g/mol. The minimum Gasteiger partial charge on any atom is -0.330 e. The van der Waals surface area contributed by atoms with Gasteiger partial charge in [0.05, 0.1) is 0 Å². The third-order valence-corrected chi connectivity index (χ3v) is 3.47. The van der Waals surface area contributed by atoms with Crippen LogP contribution in [0.1, 0.15) is 45.4 Å². The molecule has 0 radical (unpaired) electrons. The molecule has 1 aliphatic carbocycles. The fraction of sp³-hybridized carbons (Fsp3) is 1.00. The van der Waals surface area contributed by atoms with Crippen LogP contribution in [-0.4, -0.2) is 13.0 Å². The van der Waals surface area contributed by atoms with Crippen LogP contribution in [0.4, 0.5) is 8.78 Å². The molecule has 0 heterocycles. The summed E-state index contributed by atoms with van der Waals surface area (Å²) in [5, 5.41) is 0. The Morgan fingerprint density at radius 2 is 1.86 bits per heavy atom. The van der Waals surface area contributed by atoms with Gasteiger partial charge in [0.1, 0.15) is 0 Å². The topological polar surface area (TPSA) is 26.0 Å². The van der Waals surface area contributed by atoms with Gasteiger partial charge in [-0.15, -0.1) is 0 Å². The number of hydrogen-bond donors (Lipinski definition) is 1. The second-order valence-electron chi connectivity index (χ2n) is 4.87. The molecular formula is C11H21F2N. The maximum absolute atomic E-state index is 12.8. The molecule has 0 aromatic carbocycles. The zero-order valence-electron chi connectivity index (χ0n) is 8.94. The normalized spacial score (nSPS) is 23.8. The van der Waals surface area contributed by atoms with Crippen molar-refractivity contribution in [2.45, 2.75) is 51.9 Å². The fourth-order valence-corrected chi connectivity index (χ4v) is 2.31. The van der Waals surface area contributed by atoms with Gasteiger partial charge in [-0.25, -0.2) is 8.78 Å². The summed E-state index contributed by atoms with van der Waals surface area (Å²) in [6, 6.07) is 0. The molecule has 0 spiro atoms. The third kappa shape index (κ3) is 2.91. The molecule has 1 saturated carbocycles. The average Bonchev–Trinajstić information content (AvgIpc) is 2.19. The lowest BCUT2D eigenvalue weighted by Crippen LogP contribution is -2.36. The molecule has 14 heavy (non-hydrogen) atoms. The fourth-order valence-electron chi connectivity index (χ4n) is 2.31.